The number of hydrogen-bond acceptors (Lipinski definition) is 6. The zero-order valence-electron chi connectivity index (χ0n) is 16.3. The van der Waals surface area contributed by atoms with Crippen LogP contribution in [-0.2, 0) is 23.9 Å². The number of nitrogens with two attached hydrogens (primary N) is 2. The van der Waals surface area contributed by atoms with Gasteiger partial charge in [0.15, 0.2) is 5.82 Å². The SMILES string of the molecule is C=CC(=O)N1CCc2c(nc(-c3ccc(C(F)(F)F)cc3)nc2/C(N)=C/N(C)N)C1. The van der Waals surface area contributed by atoms with E-state index in [1.54, 1.807) is 11.9 Å². The molecule has 30 heavy (non-hydrogen) atoms. The molecule has 1 aromatic carbocycles. The van der Waals surface area contributed by atoms with E-state index < -0.39 is 11.7 Å². The highest BCUT2D eigenvalue weighted by Crippen LogP contribution is 2.31. The molecule has 2 aromatic rings. The van der Waals surface area contributed by atoms with Crippen molar-refractivity contribution in [3.63, 3.8) is 0 Å². The molecule has 0 saturated carbocycles. The Labute approximate surface area is 171 Å². The van der Waals surface area contributed by atoms with Crippen molar-refractivity contribution in [1.82, 2.24) is 19.9 Å². The van der Waals surface area contributed by atoms with Gasteiger partial charge in [-0.05, 0) is 24.6 Å². The number of benzene rings is 1. The Morgan fingerprint density at radius 2 is 1.93 bits per heavy atom. The van der Waals surface area contributed by atoms with Crippen LogP contribution >= 0.6 is 0 Å². The van der Waals surface area contributed by atoms with Gasteiger partial charge in [0, 0.05) is 30.9 Å². The molecule has 1 aliphatic heterocycles. The molecule has 0 atom stereocenters. The van der Waals surface area contributed by atoms with Crippen molar-refractivity contribution in [2.75, 3.05) is 13.6 Å². The number of aromatic nitrogens is 2. The molecule has 10 heteroatoms. The first-order valence-corrected chi connectivity index (χ1v) is 9.04. The molecule has 158 valence electrons. The van der Waals surface area contributed by atoms with Gasteiger partial charge >= 0.3 is 6.18 Å². The van der Waals surface area contributed by atoms with Crippen molar-refractivity contribution < 1.29 is 18.0 Å². The summed E-state index contributed by atoms with van der Waals surface area (Å²) in [4.78, 5) is 22.6. The highest BCUT2D eigenvalue weighted by molar-refractivity contribution is 5.87. The van der Waals surface area contributed by atoms with E-state index in [0.717, 1.165) is 17.7 Å². The standard InChI is InChI=1S/C20H21F3N6O/c1-3-17(30)29-9-8-14-16(11-29)26-19(27-18(14)15(24)10-28(2)25)12-4-6-13(7-5-12)20(21,22)23/h3-7,10H,1,8-9,11,24-25H2,2H3/b15-10-. The average molecular weight is 418 g/mol. The van der Waals surface area contributed by atoms with Gasteiger partial charge in [0.1, 0.15) is 0 Å². The van der Waals surface area contributed by atoms with Crippen LogP contribution in [0.1, 0.15) is 22.5 Å². The second-order valence-electron chi connectivity index (χ2n) is 6.86. The van der Waals surface area contributed by atoms with E-state index >= 15 is 0 Å². The fraction of sp³-hybridized carbons (Fsp3) is 0.250. The second-order valence-corrected chi connectivity index (χ2v) is 6.86. The largest absolute Gasteiger partial charge is 0.416 e. The van der Waals surface area contributed by atoms with Crippen molar-refractivity contribution in [3.05, 3.63) is 65.6 Å². The molecule has 7 nitrogen and oxygen atoms in total. The van der Waals surface area contributed by atoms with Gasteiger partial charge < -0.3 is 15.6 Å². The molecule has 3 rings (SSSR count). The summed E-state index contributed by atoms with van der Waals surface area (Å²) in [6.07, 6.45) is -1.26. The smallest absolute Gasteiger partial charge is 0.396 e. The molecule has 0 saturated heterocycles. The molecule has 0 spiro atoms. The Hall–Kier alpha value is -3.40. The Bertz CT molecular complexity index is 999. The number of halogens is 3. The number of amides is 1. The number of nitrogens with zero attached hydrogens (tertiary/aromatic N) is 4. The zero-order valence-corrected chi connectivity index (χ0v) is 16.3. The molecule has 0 aliphatic carbocycles. The molecule has 0 radical (unpaired) electrons. The fourth-order valence-electron chi connectivity index (χ4n) is 3.20. The van der Waals surface area contributed by atoms with E-state index in [-0.39, 0.29) is 24.0 Å². The fourth-order valence-corrected chi connectivity index (χ4v) is 3.20. The van der Waals surface area contributed by atoms with Gasteiger partial charge in [-0.3, -0.25) is 4.79 Å². The van der Waals surface area contributed by atoms with Crippen LogP contribution in [0.2, 0.25) is 0 Å². The van der Waals surface area contributed by atoms with E-state index in [9.17, 15) is 18.0 Å². The number of hydrogen-bond donors (Lipinski definition) is 2. The van der Waals surface area contributed by atoms with E-state index in [1.165, 1.54) is 29.4 Å². The molecule has 0 bridgehead atoms. The van der Waals surface area contributed by atoms with Crippen molar-refractivity contribution in [2.24, 2.45) is 11.6 Å². The normalized spacial score (nSPS) is 14.3. The summed E-state index contributed by atoms with van der Waals surface area (Å²) in [5.74, 6) is 5.63. The van der Waals surface area contributed by atoms with Crippen molar-refractivity contribution in [2.45, 2.75) is 19.1 Å². The summed E-state index contributed by atoms with van der Waals surface area (Å²) < 4.78 is 38.6. The highest BCUT2D eigenvalue weighted by atomic mass is 19.4. The maximum atomic E-state index is 12.9. The van der Waals surface area contributed by atoms with Crippen molar-refractivity contribution in [1.29, 1.82) is 0 Å². The van der Waals surface area contributed by atoms with Crippen LogP contribution in [-0.4, -0.2) is 39.4 Å². The number of rotatable bonds is 4. The maximum absolute atomic E-state index is 12.9. The van der Waals surface area contributed by atoms with Gasteiger partial charge in [-0.15, -0.1) is 0 Å². The molecule has 1 aromatic heterocycles. The third-order valence-electron chi connectivity index (χ3n) is 4.64. The minimum Gasteiger partial charge on any atom is -0.396 e. The summed E-state index contributed by atoms with van der Waals surface area (Å²) in [6, 6.07) is 4.55. The van der Waals surface area contributed by atoms with Gasteiger partial charge in [-0.25, -0.2) is 15.8 Å². The number of alkyl halides is 3. The summed E-state index contributed by atoms with van der Waals surface area (Å²) in [5.41, 5.74) is 7.88. The Morgan fingerprint density at radius 1 is 1.27 bits per heavy atom. The number of fused-ring (bicyclic) bond motifs is 1. The van der Waals surface area contributed by atoms with Gasteiger partial charge in [0.05, 0.1) is 29.2 Å². The van der Waals surface area contributed by atoms with Gasteiger partial charge in [-0.1, -0.05) is 18.7 Å². The van der Waals surface area contributed by atoms with Crippen LogP contribution < -0.4 is 11.6 Å². The third-order valence-corrected chi connectivity index (χ3v) is 4.64. The predicted octanol–water partition coefficient (Wildman–Crippen LogP) is 2.30. The second kappa shape index (κ2) is 8.15. The average Bonchev–Trinajstić information content (AvgIpc) is 2.70. The predicted molar refractivity (Wildman–Crippen MR) is 106 cm³/mol. The van der Waals surface area contributed by atoms with Crippen molar-refractivity contribution >= 4 is 11.6 Å². The Balaban J connectivity index is 2.10. The monoisotopic (exact) mass is 418 g/mol. The van der Waals surface area contributed by atoms with E-state index in [1.807, 2.05) is 0 Å². The molecular weight excluding hydrogens is 397 g/mol. The van der Waals surface area contributed by atoms with Gasteiger partial charge in [0.2, 0.25) is 5.91 Å². The molecule has 0 fully saturated rings. The first-order valence-electron chi connectivity index (χ1n) is 9.04. The number of hydrazine groups is 1. The lowest BCUT2D eigenvalue weighted by Crippen LogP contribution is -2.36. The first-order chi connectivity index (χ1) is 14.1. The minimum atomic E-state index is -4.44. The minimum absolute atomic E-state index is 0.210. The molecule has 0 unspecified atom stereocenters. The van der Waals surface area contributed by atoms with Crippen LogP contribution in [0.25, 0.3) is 17.1 Å². The maximum Gasteiger partial charge on any atom is 0.416 e. The lowest BCUT2D eigenvalue weighted by Gasteiger charge is -2.29. The summed E-state index contributed by atoms with van der Waals surface area (Å²) in [5, 5.41) is 1.28. The van der Waals surface area contributed by atoms with Crippen LogP contribution in [0.5, 0.6) is 0 Å². The van der Waals surface area contributed by atoms with E-state index in [4.69, 9.17) is 11.6 Å². The summed E-state index contributed by atoms with van der Waals surface area (Å²) in [6.45, 7) is 4.16. The topological polar surface area (TPSA) is 101 Å². The molecule has 1 aliphatic rings. The number of carbonyl (C=O) groups excluding carboxylic acids is 1. The summed E-state index contributed by atoms with van der Waals surface area (Å²) >= 11 is 0. The molecule has 4 N–H and O–H groups in total. The van der Waals surface area contributed by atoms with Crippen molar-refractivity contribution in [3.8, 4) is 11.4 Å². The molecular formula is C20H21F3N6O. The molecule has 2 heterocycles. The lowest BCUT2D eigenvalue weighted by atomic mass is 10.00. The van der Waals surface area contributed by atoms with Crippen LogP contribution in [0.3, 0.4) is 0 Å². The van der Waals surface area contributed by atoms with Gasteiger partial charge in [0.25, 0.3) is 0 Å². The number of carbonyl (C=O) groups is 1. The van der Waals surface area contributed by atoms with Crippen LogP contribution in [0.4, 0.5) is 13.2 Å². The third kappa shape index (κ3) is 4.43. The quantitative estimate of drug-likeness (QED) is 0.449. The van der Waals surface area contributed by atoms with E-state index in [2.05, 4.69) is 16.5 Å². The lowest BCUT2D eigenvalue weighted by molar-refractivity contribution is -0.137. The van der Waals surface area contributed by atoms with Crippen LogP contribution in [0.15, 0.2) is 43.1 Å². The summed E-state index contributed by atoms with van der Waals surface area (Å²) in [7, 11) is 1.60. The zero-order chi connectivity index (χ0) is 22.1. The van der Waals surface area contributed by atoms with Gasteiger partial charge in [-0.2, -0.15) is 13.2 Å². The first kappa shape index (κ1) is 21.3. The Kier molecular flexibility index (Phi) is 5.79. The molecule has 1 amide bonds. The van der Waals surface area contributed by atoms with E-state index in [0.29, 0.717) is 29.9 Å². The highest BCUT2D eigenvalue weighted by Gasteiger charge is 2.30. The van der Waals surface area contributed by atoms with Crippen LogP contribution in [0, 0.1) is 0 Å². The Morgan fingerprint density at radius 3 is 2.50 bits per heavy atom.